The number of hydrogen-bond donors (Lipinski definition) is 1. The average Bonchev–Trinajstić information content (AvgIpc) is 2.93. The second-order valence-electron chi connectivity index (χ2n) is 9.82. The van der Waals surface area contributed by atoms with Gasteiger partial charge in [-0.3, -0.25) is 14.9 Å². The van der Waals surface area contributed by atoms with Gasteiger partial charge >= 0.3 is 0 Å². The van der Waals surface area contributed by atoms with Crippen molar-refractivity contribution in [2.24, 2.45) is 0 Å². The monoisotopic (exact) mass is 482 g/mol. The van der Waals surface area contributed by atoms with E-state index in [0.29, 0.717) is 24.5 Å². The average molecular weight is 483 g/mol. The van der Waals surface area contributed by atoms with Crippen LogP contribution in [0.2, 0.25) is 0 Å². The highest BCUT2D eigenvalue weighted by Gasteiger charge is 2.21. The third kappa shape index (κ3) is 5.68. The number of rotatable bonds is 6. The quantitative estimate of drug-likeness (QED) is 0.424. The zero-order valence-electron chi connectivity index (χ0n) is 23.7. The number of benzene rings is 1. The molecular formula is C30H33N5O. The molecule has 1 aliphatic heterocycles. The molecule has 1 aromatic carbocycles. The first-order valence-corrected chi connectivity index (χ1v) is 12.2. The summed E-state index contributed by atoms with van der Waals surface area (Å²) < 4.78 is 22.8. The molecule has 6 nitrogen and oxygen atoms in total. The lowest BCUT2D eigenvalue weighted by molar-refractivity contribution is 0.0740. The van der Waals surface area contributed by atoms with Gasteiger partial charge in [-0.2, -0.15) is 0 Å². The summed E-state index contributed by atoms with van der Waals surface area (Å²) in [6.07, 6.45) is 5.41. The van der Waals surface area contributed by atoms with Crippen molar-refractivity contribution in [3.63, 3.8) is 0 Å². The van der Waals surface area contributed by atoms with Crippen LogP contribution in [0, 0.1) is 0 Å². The highest BCUT2D eigenvalue weighted by molar-refractivity contribution is 5.74. The van der Waals surface area contributed by atoms with Crippen LogP contribution in [0.15, 0.2) is 79.3 Å². The predicted octanol–water partition coefficient (Wildman–Crippen LogP) is 4.85. The van der Waals surface area contributed by atoms with Crippen molar-refractivity contribution in [3.8, 4) is 33.6 Å². The minimum Gasteiger partial charge on any atom is -0.384 e. The summed E-state index contributed by atoms with van der Waals surface area (Å²) in [5.74, 6) is 0. The maximum Gasteiger partial charge on any atom is 0.101 e. The number of likely N-dealkylation sites (N-methyl/N-ethyl adjacent to an activating group) is 1. The molecule has 4 aromatic rings. The summed E-state index contributed by atoms with van der Waals surface area (Å²) in [5.41, 5.74) is 5.96. The molecule has 4 heterocycles. The number of nitrogens with zero attached hydrogens (tertiary/aromatic N) is 5. The molecule has 0 bridgehead atoms. The first-order chi connectivity index (χ1) is 18.6. The van der Waals surface area contributed by atoms with Crippen LogP contribution >= 0.6 is 0 Å². The van der Waals surface area contributed by atoms with Gasteiger partial charge in [-0.15, -0.1) is 0 Å². The van der Waals surface area contributed by atoms with Crippen molar-refractivity contribution in [2.45, 2.75) is 26.0 Å². The first kappa shape index (κ1) is 20.7. The summed E-state index contributed by atoms with van der Waals surface area (Å²) in [4.78, 5) is 17.5. The number of piperazine rings is 1. The molecule has 5 rings (SSSR count). The van der Waals surface area contributed by atoms with E-state index in [1.165, 1.54) is 5.56 Å². The fourth-order valence-corrected chi connectivity index (χ4v) is 4.38. The van der Waals surface area contributed by atoms with E-state index in [0.717, 1.165) is 47.6 Å². The lowest BCUT2D eigenvalue weighted by Crippen LogP contribution is -2.43. The highest BCUT2D eigenvalue weighted by Crippen LogP contribution is 2.31. The molecule has 0 spiro atoms. The number of pyridine rings is 3. The second kappa shape index (κ2) is 10.3. The van der Waals surface area contributed by atoms with E-state index < -0.39 is 12.6 Å². The molecule has 184 valence electrons. The van der Waals surface area contributed by atoms with Gasteiger partial charge in [0.1, 0.15) is 5.60 Å². The fourth-order valence-electron chi connectivity index (χ4n) is 4.38. The summed E-state index contributed by atoms with van der Waals surface area (Å²) in [7, 11) is 0. The van der Waals surface area contributed by atoms with Gasteiger partial charge in [0.25, 0.3) is 0 Å². The minimum atomic E-state index is -2.01. The van der Waals surface area contributed by atoms with Crippen LogP contribution in [-0.2, 0) is 12.1 Å². The first-order valence-electron chi connectivity index (χ1n) is 13.7. The van der Waals surface area contributed by atoms with E-state index in [1.54, 1.807) is 24.9 Å². The molecule has 1 fully saturated rings. The summed E-state index contributed by atoms with van der Waals surface area (Å²) in [5, 5.41) is 10.7. The van der Waals surface area contributed by atoms with Crippen LogP contribution in [0.25, 0.3) is 33.6 Å². The standard InChI is InChI=1S/C30H33N5O/c1-30(2,36)29-18-24(17-28(33-29)27-6-4-5-11-32-27)26-16-25(19-31-20-26)23-9-7-22(8-10-23)21-35-14-12-34(3)13-15-35/h4-11,16-20,36H,12-15,21H2,1-3H3/i3D3. The molecule has 0 unspecified atom stereocenters. The van der Waals surface area contributed by atoms with E-state index in [2.05, 4.69) is 50.2 Å². The van der Waals surface area contributed by atoms with Gasteiger partial charge in [-0.05, 0) is 67.8 Å². The Morgan fingerprint density at radius 3 is 2.28 bits per heavy atom. The van der Waals surface area contributed by atoms with Crippen LogP contribution in [-0.4, -0.2) is 63.0 Å². The Morgan fingerprint density at radius 2 is 1.61 bits per heavy atom. The third-order valence-electron chi connectivity index (χ3n) is 6.52. The Hall–Kier alpha value is -3.45. The van der Waals surface area contributed by atoms with E-state index in [4.69, 9.17) is 4.11 Å². The topological polar surface area (TPSA) is 65.4 Å². The van der Waals surface area contributed by atoms with Crippen LogP contribution in [0.5, 0.6) is 0 Å². The molecule has 1 aliphatic rings. The van der Waals surface area contributed by atoms with E-state index in [-0.39, 0.29) is 0 Å². The Morgan fingerprint density at radius 1 is 0.861 bits per heavy atom. The number of aromatic nitrogens is 3. The lowest BCUT2D eigenvalue weighted by atomic mass is 9.97. The van der Waals surface area contributed by atoms with Gasteiger partial charge in [0, 0.05) is 66.6 Å². The Bertz CT molecular complexity index is 1410. The van der Waals surface area contributed by atoms with Gasteiger partial charge in [0.05, 0.1) is 17.1 Å². The fraction of sp³-hybridized carbons (Fsp3) is 0.300. The van der Waals surface area contributed by atoms with Crippen molar-refractivity contribution in [2.75, 3.05) is 33.2 Å². The van der Waals surface area contributed by atoms with Gasteiger partial charge in [-0.25, -0.2) is 4.98 Å². The molecule has 0 amide bonds. The largest absolute Gasteiger partial charge is 0.384 e. The highest BCUT2D eigenvalue weighted by atomic mass is 16.3. The smallest absolute Gasteiger partial charge is 0.101 e. The second-order valence-corrected chi connectivity index (χ2v) is 9.82. The molecule has 3 aromatic heterocycles. The zero-order valence-corrected chi connectivity index (χ0v) is 20.7. The Kier molecular flexibility index (Phi) is 5.91. The van der Waals surface area contributed by atoms with Crippen molar-refractivity contribution in [1.29, 1.82) is 0 Å². The molecular weight excluding hydrogens is 446 g/mol. The molecule has 0 radical (unpaired) electrons. The van der Waals surface area contributed by atoms with Crippen molar-refractivity contribution in [1.82, 2.24) is 24.8 Å². The zero-order chi connectivity index (χ0) is 27.6. The van der Waals surface area contributed by atoms with Gasteiger partial charge in [-0.1, -0.05) is 30.3 Å². The third-order valence-corrected chi connectivity index (χ3v) is 6.52. The molecule has 36 heavy (non-hydrogen) atoms. The maximum absolute atomic E-state index is 10.7. The molecule has 1 N–H and O–H groups in total. The molecule has 0 atom stereocenters. The number of hydrogen-bond acceptors (Lipinski definition) is 6. The van der Waals surface area contributed by atoms with Gasteiger partial charge < -0.3 is 10.0 Å². The molecule has 6 heteroatoms. The van der Waals surface area contributed by atoms with E-state index in [9.17, 15) is 5.11 Å². The Labute approximate surface area is 217 Å². The van der Waals surface area contributed by atoms with Crippen LogP contribution < -0.4 is 0 Å². The van der Waals surface area contributed by atoms with Crippen molar-refractivity contribution < 1.29 is 9.22 Å². The molecule has 0 saturated carbocycles. The predicted molar refractivity (Wildman–Crippen MR) is 144 cm³/mol. The number of aliphatic hydroxyl groups is 1. The van der Waals surface area contributed by atoms with Crippen LogP contribution in [0.4, 0.5) is 0 Å². The Balaban J connectivity index is 1.36. The normalized spacial score (nSPS) is 16.8. The lowest BCUT2D eigenvalue weighted by Gasteiger charge is -2.32. The van der Waals surface area contributed by atoms with Gasteiger partial charge in [0.2, 0.25) is 0 Å². The summed E-state index contributed by atoms with van der Waals surface area (Å²) in [6, 6.07) is 20.1. The van der Waals surface area contributed by atoms with Crippen LogP contribution in [0.1, 0.15) is 29.2 Å². The van der Waals surface area contributed by atoms with Gasteiger partial charge in [0.15, 0.2) is 0 Å². The van der Waals surface area contributed by atoms with Crippen molar-refractivity contribution >= 4 is 0 Å². The summed E-state index contributed by atoms with van der Waals surface area (Å²) in [6.45, 7) is 4.83. The van der Waals surface area contributed by atoms with Crippen LogP contribution in [0.3, 0.4) is 0 Å². The maximum atomic E-state index is 10.7. The van der Waals surface area contributed by atoms with E-state index in [1.807, 2.05) is 42.7 Å². The summed E-state index contributed by atoms with van der Waals surface area (Å²) >= 11 is 0. The van der Waals surface area contributed by atoms with E-state index >= 15 is 0 Å². The minimum absolute atomic E-state index is 0.555. The molecule has 1 saturated heterocycles. The van der Waals surface area contributed by atoms with Crippen molar-refractivity contribution in [3.05, 3.63) is 90.5 Å². The molecule has 0 aliphatic carbocycles. The SMILES string of the molecule is [2H]C([2H])([2H])N1CCN(Cc2ccc(-c3cncc(-c4cc(-c5ccccn5)nc(C(C)(C)O)c4)c3)cc2)CC1.